The molecule has 3 rings (SSSR count). The lowest BCUT2D eigenvalue weighted by atomic mass is 10.2. The zero-order valence-corrected chi connectivity index (χ0v) is 20.9. The fourth-order valence-electron chi connectivity index (χ4n) is 3.51. The second-order valence-corrected chi connectivity index (χ2v) is 10.4. The minimum Gasteiger partial charge on any atom is -0.449 e. The van der Waals surface area contributed by atoms with Gasteiger partial charge in [-0.05, 0) is 57.2 Å². The molecule has 1 amide bonds. The number of amides is 1. The highest BCUT2D eigenvalue weighted by atomic mass is 35.5. The molecule has 184 valence electrons. The fourth-order valence-corrected chi connectivity index (χ4v) is 5.42. The molecule has 1 saturated heterocycles. The van der Waals surface area contributed by atoms with E-state index in [1.165, 1.54) is 19.1 Å². The van der Waals surface area contributed by atoms with Gasteiger partial charge in [0.25, 0.3) is 15.9 Å². The number of nitrogens with one attached hydrogen (secondary N) is 1. The van der Waals surface area contributed by atoms with E-state index in [1.807, 2.05) is 13.8 Å². The Balaban J connectivity index is 1.80. The van der Waals surface area contributed by atoms with Gasteiger partial charge in [0.1, 0.15) is 10.7 Å². The van der Waals surface area contributed by atoms with Gasteiger partial charge in [0, 0.05) is 18.8 Å². The summed E-state index contributed by atoms with van der Waals surface area (Å²) in [7, 11) is -4.26. The Morgan fingerprint density at radius 3 is 2.29 bits per heavy atom. The molecule has 8 nitrogen and oxygen atoms in total. The number of sulfonamides is 1. The monoisotopic (exact) mass is 532 g/mol. The number of esters is 1. The molecule has 0 aliphatic carbocycles. The molecule has 1 heterocycles. The van der Waals surface area contributed by atoms with Crippen LogP contribution in [0, 0.1) is 5.82 Å². The van der Waals surface area contributed by atoms with Gasteiger partial charge in [-0.3, -0.25) is 9.52 Å². The van der Waals surface area contributed by atoms with Gasteiger partial charge in [0.15, 0.2) is 6.10 Å². The van der Waals surface area contributed by atoms with Crippen LogP contribution in [-0.2, 0) is 24.3 Å². The molecular weight excluding hydrogens is 510 g/mol. The molecule has 0 unspecified atom stereocenters. The molecule has 0 spiro atoms. The second-order valence-electron chi connectivity index (χ2n) is 7.92. The summed E-state index contributed by atoms with van der Waals surface area (Å²) in [6, 6.07) is 6.68. The number of benzene rings is 2. The number of carbonyl (C=O) groups excluding carboxylic acids is 2. The molecule has 12 heteroatoms. The minimum atomic E-state index is -4.26. The van der Waals surface area contributed by atoms with Crippen LogP contribution in [0.15, 0.2) is 41.3 Å². The molecule has 1 aliphatic heterocycles. The number of ether oxygens (including phenoxy) is 2. The van der Waals surface area contributed by atoms with Crippen molar-refractivity contribution in [1.29, 1.82) is 0 Å². The van der Waals surface area contributed by atoms with Gasteiger partial charge in [0.2, 0.25) is 0 Å². The van der Waals surface area contributed by atoms with E-state index in [9.17, 15) is 22.4 Å². The van der Waals surface area contributed by atoms with E-state index in [0.717, 1.165) is 24.3 Å². The topological polar surface area (TPSA) is 102 Å². The van der Waals surface area contributed by atoms with Gasteiger partial charge in [0.05, 0.1) is 27.8 Å². The molecule has 34 heavy (non-hydrogen) atoms. The maximum absolute atomic E-state index is 13.1. The molecule has 1 N–H and O–H groups in total. The molecule has 0 saturated carbocycles. The first-order valence-electron chi connectivity index (χ1n) is 10.3. The van der Waals surface area contributed by atoms with Gasteiger partial charge in [-0.2, -0.15) is 0 Å². The molecule has 2 aromatic carbocycles. The van der Waals surface area contributed by atoms with E-state index in [2.05, 4.69) is 4.72 Å². The van der Waals surface area contributed by atoms with Crippen molar-refractivity contribution in [3.8, 4) is 0 Å². The Morgan fingerprint density at radius 1 is 1.12 bits per heavy atom. The second kappa shape index (κ2) is 10.5. The van der Waals surface area contributed by atoms with Gasteiger partial charge in [-0.1, -0.05) is 23.2 Å². The maximum atomic E-state index is 13.1. The Hall–Kier alpha value is -2.40. The standard InChI is InChI=1S/C22H23Cl2FN2O6S/c1-12-10-27(11-13(2)32-12)21(28)14(3)33-22(29)17-8-20(19(24)9-18(17)23)34(30,31)26-16-6-4-15(25)5-7-16/h4-9,12-14,26H,10-11H2,1-3H3/t12-,13-,14+/m0/s1. The lowest BCUT2D eigenvalue weighted by Crippen LogP contribution is -2.51. The highest BCUT2D eigenvalue weighted by molar-refractivity contribution is 7.92. The first-order valence-corrected chi connectivity index (χ1v) is 12.5. The van der Waals surface area contributed by atoms with Crippen LogP contribution in [-0.4, -0.2) is 56.6 Å². The Kier molecular flexibility index (Phi) is 8.07. The summed E-state index contributed by atoms with van der Waals surface area (Å²) < 4.78 is 51.9. The largest absolute Gasteiger partial charge is 0.449 e. The summed E-state index contributed by atoms with van der Waals surface area (Å²) in [6.07, 6.45) is -1.47. The molecule has 0 radical (unpaired) electrons. The van der Waals surface area contributed by atoms with E-state index in [1.54, 1.807) is 4.90 Å². The number of nitrogens with zero attached hydrogens (tertiary/aromatic N) is 1. The van der Waals surface area contributed by atoms with Crippen molar-refractivity contribution in [2.45, 2.75) is 44.0 Å². The SMILES string of the molecule is C[C@H]1CN(C(=O)[C@@H](C)OC(=O)c2cc(S(=O)(=O)Nc3ccc(F)cc3)c(Cl)cc2Cl)C[C@H](C)O1. The zero-order chi connectivity index (χ0) is 25.2. The van der Waals surface area contributed by atoms with E-state index in [4.69, 9.17) is 32.7 Å². The fraction of sp³-hybridized carbons (Fsp3) is 0.364. The number of hydrogen-bond donors (Lipinski definition) is 1. The van der Waals surface area contributed by atoms with Gasteiger partial charge < -0.3 is 14.4 Å². The third-order valence-corrected chi connectivity index (χ3v) is 7.15. The molecule has 1 fully saturated rings. The van der Waals surface area contributed by atoms with Crippen molar-refractivity contribution in [2.24, 2.45) is 0 Å². The highest BCUT2D eigenvalue weighted by Crippen LogP contribution is 2.31. The van der Waals surface area contributed by atoms with Crippen LogP contribution in [0.5, 0.6) is 0 Å². The van der Waals surface area contributed by atoms with Crippen molar-refractivity contribution in [2.75, 3.05) is 17.8 Å². The van der Waals surface area contributed by atoms with Crippen molar-refractivity contribution >= 4 is 50.8 Å². The molecule has 2 aromatic rings. The van der Waals surface area contributed by atoms with Crippen LogP contribution in [0.1, 0.15) is 31.1 Å². The predicted molar refractivity (Wildman–Crippen MR) is 125 cm³/mol. The van der Waals surface area contributed by atoms with Crippen molar-refractivity contribution in [3.05, 3.63) is 57.8 Å². The van der Waals surface area contributed by atoms with Crippen molar-refractivity contribution in [3.63, 3.8) is 0 Å². The first-order chi connectivity index (χ1) is 15.9. The zero-order valence-electron chi connectivity index (χ0n) is 18.5. The number of rotatable bonds is 6. The number of morpholine rings is 1. The predicted octanol–water partition coefficient (Wildman–Crippen LogP) is 4.11. The van der Waals surface area contributed by atoms with Crippen LogP contribution in [0.25, 0.3) is 0 Å². The van der Waals surface area contributed by atoms with Gasteiger partial charge >= 0.3 is 5.97 Å². The summed E-state index contributed by atoms with van der Waals surface area (Å²) in [5, 5.41) is -0.388. The summed E-state index contributed by atoms with van der Waals surface area (Å²) >= 11 is 12.2. The lowest BCUT2D eigenvalue weighted by Gasteiger charge is -2.36. The van der Waals surface area contributed by atoms with Crippen molar-refractivity contribution < 1.29 is 31.9 Å². The quantitative estimate of drug-likeness (QED) is 0.561. The third kappa shape index (κ3) is 6.18. The number of hydrogen-bond acceptors (Lipinski definition) is 6. The highest BCUT2D eigenvalue weighted by Gasteiger charge is 2.31. The molecule has 0 aromatic heterocycles. The van der Waals surface area contributed by atoms with E-state index in [0.29, 0.717) is 13.1 Å². The van der Waals surface area contributed by atoms with E-state index < -0.39 is 38.7 Å². The molecule has 3 atom stereocenters. The van der Waals surface area contributed by atoms with Crippen LogP contribution in [0.2, 0.25) is 10.0 Å². The molecule has 1 aliphatic rings. The summed E-state index contributed by atoms with van der Waals surface area (Å²) in [5.41, 5.74) is -0.196. The van der Waals surface area contributed by atoms with Crippen molar-refractivity contribution in [1.82, 2.24) is 4.90 Å². The summed E-state index contributed by atoms with van der Waals surface area (Å²) in [5.74, 6) is -1.94. The number of carbonyl (C=O) groups is 2. The lowest BCUT2D eigenvalue weighted by molar-refractivity contribution is -0.151. The van der Waals surface area contributed by atoms with E-state index in [-0.39, 0.29) is 33.5 Å². The smallest absolute Gasteiger partial charge is 0.340 e. The van der Waals surface area contributed by atoms with Crippen LogP contribution < -0.4 is 4.72 Å². The Labute approximate surface area is 207 Å². The van der Waals surface area contributed by atoms with Gasteiger partial charge in [-0.25, -0.2) is 17.6 Å². The normalized spacial score (nSPS) is 19.4. The maximum Gasteiger partial charge on any atom is 0.340 e. The average Bonchev–Trinajstić information content (AvgIpc) is 2.73. The van der Waals surface area contributed by atoms with E-state index >= 15 is 0 Å². The summed E-state index contributed by atoms with van der Waals surface area (Å²) in [6.45, 7) is 5.79. The van der Waals surface area contributed by atoms with Crippen LogP contribution in [0.4, 0.5) is 10.1 Å². The molecular formula is C22H23Cl2FN2O6S. The third-order valence-electron chi connectivity index (χ3n) is 4.99. The Morgan fingerprint density at radius 2 is 1.71 bits per heavy atom. The Bertz CT molecular complexity index is 1180. The average molecular weight is 533 g/mol. The number of anilines is 1. The number of halogens is 3. The summed E-state index contributed by atoms with van der Waals surface area (Å²) in [4.78, 5) is 26.6. The molecule has 0 bridgehead atoms. The van der Waals surface area contributed by atoms with Gasteiger partial charge in [-0.15, -0.1) is 0 Å². The van der Waals surface area contributed by atoms with Crippen LogP contribution in [0.3, 0.4) is 0 Å². The first kappa shape index (κ1) is 26.2. The van der Waals surface area contributed by atoms with Crippen LogP contribution >= 0.6 is 23.2 Å². The minimum absolute atomic E-state index is 0.0877.